The van der Waals surface area contributed by atoms with E-state index in [9.17, 15) is 0 Å². The Balaban J connectivity index is 1.73. The van der Waals surface area contributed by atoms with Crippen LogP contribution >= 0.6 is 11.6 Å². The molecule has 0 bridgehead atoms. The van der Waals surface area contributed by atoms with Crippen LogP contribution in [0.5, 0.6) is 0 Å². The van der Waals surface area contributed by atoms with Crippen LogP contribution in [0.2, 0.25) is 5.02 Å². The lowest BCUT2D eigenvalue weighted by Crippen LogP contribution is -2.46. The minimum absolute atomic E-state index is 0.589. The van der Waals surface area contributed by atoms with E-state index in [2.05, 4.69) is 40.7 Å². The topological polar surface area (TPSA) is 39.7 Å². The normalized spacial score (nSPS) is 16.7. The molecule has 1 aliphatic rings. The standard InChI is InChI=1S/C17H27ClN4/c1-19-17(21-12-16(22(2)3)14-7-8-14)20-10-9-13-5-4-6-15(18)11-13/h4-6,11,14,16H,7-10,12H2,1-3H3,(H2,19,20,21). The van der Waals surface area contributed by atoms with E-state index in [0.29, 0.717) is 6.04 Å². The molecule has 5 heteroatoms. The first-order valence-electron chi connectivity index (χ1n) is 7.95. The first-order valence-corrected chi connectivity index (χ1v) is 8.33. The highest BCUT2D eigenvalue weighted by molar-refractivity contribution is 6.30. The van der Waals surface area contributed by atoms with Gasteiger partial charge in [0.05, 0.1) is 0 Å². The van der Waals surface area contributed by atoms with Crippen molar-refractivity contribution in [3.63, 3.8) is 0 Å². The fourth-order valence-electron chi connectivity index (χ4n) is 2.69. The number of benzene rings is 1. The van der Waals surface area contributed by atoms with Gasteiger partial charge in [-0.1, -0.05) is 23.7 Å². The van der Waals surface area contributed by atoms with Crippen LogP contribution in [-0.4, -0.2) is 51.1 Å². The van der Waals surface area contributed by atoms with E-state index in [4.69, 9.17) is 11.6 Å². The molecule has 0 saturated heterocycles. The number of halogens is 1. The summed E-state index contributed by atoms with van der Waals surface area (Å²) in [5, 5.41) is 7.60. The molecule has 1 saturated carbocycles. The number of nitrogens with one attached hydrogen (secondary N) is 2. The lowest BCUT2D eigenvalue weighted by Gasteiger charge is -2.25. The maximum atomic E-state index is 6.00. The first kappa shape index (κ1) is 17.1. The SMILES string of the molecule is CN=C(NCCc1cccc(Cl)c1)NCC(C1CC1)N(C)C. The van der Waals surface area contributed by atoms with E-state index in [0.717, 1.165) is 36.4 Å². The van der Waals surface area contributed by atoms with Gasteiger partial charge < -0.3 is 15.5 Å². The Morgan fingerprint density at radius 3 is 2.73 bits per heavy atom. The van der Waals surface area contributed by atoms with Crippen molar-refractivity contribution < 1.29 is 0 Å². The summed E-state index contributed by atoms with van der Waals surface area (Å²) in [7, 11) is 6.12. The Morgan fingerprint density at radius 1 is 1.36 bits per heavy atom. The van der Waals surface area contributed by atoms with Crippen molar-refractivity contribution in [3.8, 4) is 0 Å². The average Bonchev–Trinajstić information content (AvgIpc) is 3.30. The Hall–Kier alpha value is -1.26. The van der Waals surface area contributed by atoms with Gasteiger partial charge in [-0.25, -0.2) is 0 Å². The molecular formula is C17H27ClN4. The number of nitrogens with zero attached hydrogens (tertiary/aromatic N) is 2. The van der Waals surface area contributed by atoms with E-state index in [1.807, 2.05) is 25.2 Å². The molecule has 0 aromatic heterocycles. The Labute approximate surface area is 138 Å². The molecular weight excluding hydrogens is 296 g/mol. The van der Waals surface area contributed by atoms with Crippen LogP contribution in [0.25, 0.3) is 0 Å². The second-order valence-corrected chi connectivity index (χ2v) is 6.56. The molecule has 1 atom stereocenters. The summed E-state index contributed by atoms with van der Waals surface area (Å²) >= 11 is 6.00. The van der Waals surface area contributed by atoms with E-state index >= 15 is 0 Å². The molecule has 1 aromatic rings. The van der Waals surface area contributed by atoms with Crippen molar-refractivity contribution in [3.05, 3.63) is 34.9 Å². The van der Waals surface area contributed by atoms with E-state index < -0.39 is 0 Å². The Morgan fingerprint density at radius 2 is 2.14 bits per heavy atom. The molecule has 4 nitrogen and oxygen atoms in total. The van der Waals surface area contributed by atoms with Gasteiger partial charge in [-0.3, -0.25) is 4.99 Å². The molecule has 0 spiro atoms. The van der Waals surface area contributed by atoms with Crippen molar-refractivity contribution in [2.24, 2.45) is 10.9 Å². The van der Waals surface area contributed by atoms with Gasteiger partial charge >= 0.3 is 0 Å². The monoisotopic (exact) mass is 322 g/mol. The summed E-state index contributed by atoms with van der Waals surface area (Å²) < 4.78 is 0. The summed E-state index contributed by atoms with van der Waals surface area (Å²) in [4.78, 5) is 6.61. The zero-order valence-corrected chi connectivity index (χ0v) is 14.5. The van der Waals surface area contributed by atoms with E-state index in [-0.39, 0.29) is 0 Å². The molecule has 122 valence electrons. The highest BCUT2D eigenvalue weighted by Crippen LogP contribution is 2.34. The lowest BCUT2D eigenvalue weighted by molar-refractivity contribution is 0.264. The number of guanidine groups is 1. The molecule has 22 heavy (non-hydrogen) atoms. The predicted octanol–water partition coefficient (Wildman–Crippen LogP) is 2.39. The molecule has 0 aliphatic heterocycles. The largest absolute Gasteiger partial charge is 0.356 e. The summed E-state index contributed by atoms with van der Waals surface area (Å²) in [5.74, 6) is 1.71. The molecule has 1 fully saturated rings. The highest BCUT2D eigenvalue weighted by atomic mass is 35.5. The molecule has 1 aromatic carbocycles. The second-order valence-electron chi connectivity index (χ2n) is 6.13. The second kappa shape index (κ2) is 8.39. The van der Waals surface area contributed by atoms with Gasteiger partial charge in [-0.2, -0.15) is 0 Å². The summed E-state index contributed by atoms with van der Waals surface area (Å²) in [6.45, 7) is 1.78. The van der Waals surface area contributed by atoms with Crippen molar-refractivity contribution in [1.29, 1.82) is 0 Å². The van der Waals surface area contributed by atoms with E-state index in [1.165, 1.54) is 18.4 Å². The van der Waals surface area contributed by atoms with Gasteiger partial charge in [0.25, 0.3) is 0 Å². The average molecular weight is 323 g/mol. The third kappa shape index (κ3) is 5.50. The van der Waals surface area contributed by atoms with Crippen molar-refractivity contribution >= 4 is 17.6 Å². The van der Waals surface area contributed by atoms with Gasteiger partial charge in [0, 0.05) is 31.2 Å². The zero-order valence-electron chi connectivity index (χ0n) is 13.8. The molecule has 0 amide bonds. The number of aliphatic imine (C=N–C) groups is 1. The molecule has 0 radical (unpaired) electrons. The summed E-state index contributed by atoms with van der Waals surface area (Å²) in [5.41, 5.74) is 1.24. The maximum Gasteiger partial charge on any atom is 0.191 e. The van der Waals surface area contributed by atoms with Gasteiger partial charge in [0.2, 0.25) is 0 Å². The Kier molecular flexibility index (Phi) is 6.52. The van der Waals surface area contributed by atoms with Crippen LogP contribution in [0, 0.1) is 5.92 Å². The van der Waals surface area contributed by atoms with Crippen LogP contribution < -0.4 is 10.6 Å². The number of likely N-dealkylation sites (N-methyl/N-ethyl adjacent to an activating group) is 1. The summed E-state index contributed by atoms with van der Waals surface area (Å²) in [6.07, 6.45) is 3.64. The van der Waals surface area contributed by atoms with E-state index in [1.54, 1.807) is 0 Å². The molecule has 2 N–H and O–H groups in total. The molecule has 1 aliphatic carbocycles. The van der Waals surface area contributed by atoms with Crippen molar-refractivity contribution in [1.82, 2.24) is 15.5 Å². The van der Waals surface area contributed by atoms with Crippen LogP contribution in [0.15, 0.2) is 29.3 Å². The minimum Gasteiger partial charge on any atom is -0.356 e. The minimum atomic E-state index is 0.589. The summed E-state index contributed by atoms with van der Waals surface area (Å²) in [6, 6.07) is 8.58. The smallest absolute Gasteiger partial charge is 0.191 e. The third-order valence-electron chi connectivity index (χ3n) is 4.13. The molecule has 2 rings (SSSR count). The predicted molar refractivity (Wildman–Crippen MR) is 94.7 cm³/mol. The maximum absolute atomic E-state index is 6.00. The Bertz CT molecular complexity index is 495. The fraction of sp³-hybridized carbons (Fsp3) is 0.588. The number of rotatable bonds is 7. The highest BCUT2D eigenvalue weighted by Gasteiger charge is 2.32. The molecule has 0 heterocycles. The van der Waals surface area contributed by atoms with Crippen molar-refractivity contribution in [2.75, 3.05) is 34.2 Å². The zero-order chi connectivity index (χ0) is 15.9. The fourth-order valence-corrected chi connectivity index (χ4v) is 2.90. The lowest BCUT2D eigenvalue weighted by atomic mass is 10.1. The quantitative estimate of drug-likeness (QED) is 0.598. The van der Waals surface area contributed by atoms with Crippen LogP contribution in [-0.2, 0) is 6.42 Å². The van der Waals surface area contributed by atoms with Gasteiger partial charge in [0.15, 0.2) is 5.96 Å². The number of hydrogen-bond acceptors (Lipinski definition) is 2. The first-order chi connectivity index (χ1) is 10.6. The van der Waals surface area contributed by atoms with Gasteiger partial charge in [-0.05, 0) is 57.0 Å². The third-order valence-corrected chi connectivity index (χ3v) is 4.36. The molecule has 1 unspecified atom stereocenters. The van der Waals surface area contributed by atoms with Gasteiger partial charge in [-0.15, -0.1) is 0 Å². The number of hydrogen-bond donors (Lipinski definition) is 2. The van der Waals surface area contributed by atoms with Crippen LogP contribution in [0.3, 0.4) is 0 Å². The van der Waals surface area contributed by atoms with Crippen molar-refractivity contribution in [2.45, 2.75) is 25.3 Å². The van der Waals surface area contributed by atoms with Gasteiger partial charge in [0.1, 0.15) is 0 Å². The van der Waals surface area contributed by atoms with Crippen LogP contribution in [0.1, 0.15) is 18.4 Å². The van der Waals surface area contributed by atoms with Crippen LogP contribution in [0.4, 0.5) is 0 Å².